The summed E-state index contributed by atoms with van der Waals surface area (Å²) in [5, 5.41) is 5.35. The number of carbonyl (C=O) groups excluding carboxylic acids is 4. The second-order valence-electron chi connectivity index (χ2n) is 12.6. The van der Waals surface area contributed by atoms with Crippen molar-refractivity contribution in [3.8, 4) is 0 Å². The minimum absolute atomic E-state index is 0.0927. The molecule has 4 N–H and O–H groups in total. The Morgan fingerprint density at radius 3 is 1.85 bits per heavy atom. The van der Waals surface area contributed by atoms with Gasteiger partial charge in [-0.2, -0.15) is 0 Å². The van der Waals surface area contributed by atoms with E-state index in [0.29, 0.717) is 13.1 Å². The van der Waals surface area contributed by atoms with E-state index in [1.165, 1.54) is 14.2 Å². The molecule has 2 fully saturated rings. The van der Waals surface area contributed by atoms with Crippen molar-refractivity contribution in [2.75, 3.05) is 27.3 Å². The van der Waals surface area contributed by atoms with E-state index in [2.05, 4.69) is 36.6 Å². The van der Waals surface area contributed by atoms with E-state index in [1.807, 2.05) is 40.0 Å². The van der Waals surface area contributed by atoms with Gasteiger partial charge in [0.05, 0.1) is 38.2 Å². The third-order valence-corrected chi connectivity index (χ3v) is 8.63. The van der Waals surface area contributed by atoms with Gasteiger partial charge in [-0.15, -0.1) is 0 Å². The van der Waals surface area contributed by atoms with Gasteiger partial charge in [-0.1, -0.05) is 33.8 Å². The summed E-state index contributed by atoms with van der Waals surface area (Å²) in [5.74, 6) is 1.01. The number of carbonyl (C=O) groups is 4. The normalized spacial score (nSPS) is 19.6. The molecule has 2 saturated heterocycles. The fourth-order valence-corrected chi connectivity index (χ4v) is 6.11. The maximum Gasteiger partial charge on any atom is 0.407 e. The summed E-state index contributed by atoms with van der Waals surface area (Å²) < 4.78 is 9.44. The van der Waals surface area contributed by atoms with Crippen LogP contribution < -0.4 is 10.6 Å². The fourth-order valence-electron chi connectivity index (χ4n) is 6.11. The predicted molar refractivity (Wildman–Crippen MR) is 170 cm³/mol. The molecule has 14 heteroatoms. The van der Waals surface area contributed by atoms with Crippen molar-refractivity contribution >= 4 is 30.1 Å². The minimum Gasteiger partial charge on any atom is -0.453 e. The molecule has 4 rings (SSSR count). The first-order valence-electron chi connectivity index (χ1n) is 16.1. The van der Waals surface area contributed by atoms with Crippen molar-refractivity contribution in [3.05, 3.63) is 41.5 Å². The highest BCUT2D eigenvalue weighted by Crippen LogP contribution is 2.33. The van der Waals surface area contributed by atoms with Gasteiger partial charge in [0, 0.05) is 25.0 Å². The lowest BCUT2D eigenvalue weighted by Gasteiger charge is -2.30. The van der Waals surface area contributed by atoms with Gasteiger partial charge in [0.25, 0.3) is 0 Å². The van der Waals surface area contributed by atoms with E-state index >= 15 is 0 Å². The van der Waals surface area contributed by atoms with Crippen LogP contribution in [0, 0.1) is 11.8 Å². The monoisotopic (exact) mass is 640 g/mol. The number of aromatic amines is 2. The third-order valence-electron chi connectivity index (χ3n) is 8.63. The average Bonchev–Trinajstić information content (AvgIpc) is 3.86. The quantitative estimate of drug-likeness (QED) is 0.270. The molecule has 0 bridgehead atoms. The smallest absolute Gasteiger partial charge is 0.407 e. The molecule has 0 aliphatic carbocycles. The molecule has 252 valence electrons. The molecule has 0 spiro atoms. The van der Waals surface area contributed by atoms with Crippen LogP contribution in [0.5, 0.6) is 0 Å². The molecule has 0 unspecified atom stereocenters. The molecule has 4 amide bonds. The average molecular weight is 641 g/mol. The molecular weight excluding hydrogens is 592 g/mol. The van der Waals surface area contributed by atoms with Gasteiger partial charge in [0.15, 0.2) is 0 Å². The second kappa shape index (κ2) is 15.8. The van der Waals surface area contributed by atoms with Crippen molar-refractivity contribution in [1.82, 2.24) is 40.4 Å². The number of nitrogens with one attached hydrogen (secondary N) is 4. The van der Waals surface area contributed by atoms with Crippen LogP contribution in [0.25, 0.3) is 6.08 Å². The van der Waals surface area contributed by atoms with E-state index < -0.39 is 24.3 Å². The Balaban J connectivity index is 1.32. The number of ether oxygens (including phenoxy) is 2. The lowest BCUT2D eigenvalue weighted by Crippen LogP contribution is -2.51. The maximum absolute atomic E-state index is 13.4. The summed E-state index contributed by atoms with van der Waals surface area (Å²) in [7, 11) is 2.57. The van der Waals surface area contributed by atoms with Gasteiger partial charge in [-0.05, 0) is 56.4 Å². The first-order valence-corrected chi connectivity index (χ1v) is 16.1. The highest BCUT2D eigenvalue weighted by molar-refractivity contribution is 5.87. The van der Waals surface area contributed by atoms with Crippen LogP contribution in [0.3, 0.4) is 0 Å². The summed E-state index contributed by atoms with van der Waals surface area (Å²) in [6, 6.07) is -1.71. The maximum atomic E-state index is 13.4. The Labute approximate surface area is 270 Å². The number of amides is 4. The highest BCUT2D eigenvalue weighted by Gasteiger charge is 2.38. The molecule has 46 heavy (non-hydrogen) atoms. The first-order chi connectivity index (χ1) is 22.0. The topological polar surface area (TPSA) is 175 Å². The molecule has 14 nitrogen and oxygen atoms in total. The Morgan fingerprint density at radius 2 is 1.35 bits per heavy atom. The molecular formula is C32H48N8O6. The summed E-state index contributed by atoms with van der Waals surface area (Å²) in [5.41, 5.74) is 1.81. The Kier molecular flexibility index (Phi) is 11.8. The van der Waals surface area contributed by atoms with E-state index in [1.54, 1.807) is 16.0 Å². The number of hydrogen-bond acceptors (Lipinski definition) is 8. The Morgan fingerprint density at radius 1 is 0.848 bits per heavy atom. The van der Waals surface area contributed by atoms with Crippen LogP contribution in [0.15, 0.2) is 18.5 Å². The van der Waals surface area contributed by atoms with Gasteiger partial charge in [0.1, 0.15) is 23.7 Å². The summed E-state index contributed by atoms with van der Waals surface area (Å²) in [6.07, 6.45) is 11.2. The Bertz CT molecular complexity index is 1380. The third kappa shape index (κ3) is 8.26. The number of H-pyrrole nitrogens is 2. The lowest BCUT2D eigenvalue weighted by atomic mass is 10.0. The zero-order valence-corrected chi connectivity index (χ0v) is 27.7. The molecule has 2 aliphatic rings. The molecule has 0 radical (unpaired) electrons. The van der Waals surface area contributed by atoms with Crippen LogP contribution in [0.1, 0.15) is 94.9 Å². The van der Waals surface area contributed by atoms with Gasteiger partial charge >= 0.3 is 12.2 Å². The number of imidazole rings is 2. The van der Waals surface area contributed by atoms with Crippen molar-refractivity contribution in [3.63, 3.8) is 0 Å². The number of methoxy groups -OCH3 is 2. The summed E-state index contributed by atoms with van der Waals surface area (Å²) in [6.45, 7) is 8.78. The summed E-state index contributed by atoms with van der Waals surface area (Å²) in [4.78, 5) is 69.9. The van der Waals surface area contributed by atoms with E-state index in [0.717, 1.165) is 61.6 Å². The van der Waals surface area contributed by atoms with Crippen molar-refractivity contribution in [2.45, 2.75) is 90.4 Å². The van der Waals surface area contributed by atoms with Gasteiger partial charge in [-0.3, -0.25) is 9.59 Å². The predicted octanol–water partition coefficient (Wildman–Crippen LogP) is 3.87. The van der Waals surface area contributed by atoms with Gasteiger partial charge in [-0.25, -0.2) is 19.6 Å². The largest absolute Gasteiger partial charge is 0.453 e. The van der Waals surface area contributed by atoms with Crippen molar-refractivity contribution in [1.29, 1.82) is 0 Å². The summed E-state index contributed by atoms with van der Waals surface area (Å²) >= 11 is 0. The minimum atomic E-state index is -0.678. The van der Waals surface area contributed by atoms with E-state index in [-0.39, 0.29) is 35.7 Å². The van der Waals surface area contributed by atoms with Gasteiger partial charge < -0.3 is 39.9 Å². The van der Waals surface area contributed by atoms with Crippen molar-refractivity contribution < 1.29 is 28.7 Å². The molecule has 2 aromatic rings. The number of likely N-dealkylation sites (tertiary alicyclic amines) is 2. The van der Waals surface area contributed by atoms with E-state index in [9.17, 15) is 19.2 Å². The van der Waals surface area contributed by atoms with E-state index in [4.69, 9.17) is 9.47 Å². The van der Waals surface area contributed by atoms with Crippen LogP contribution in [-0.4, -0.2) is 93.1 Å². The molecule has 0 saturated carbocycles. The molecule has 0 aromatic carbocycles. The molecule has 2 aromatic heterocycles. The molecule has 2 aliphatic heterocycles. The fraction of sp³-hybridized carbons (Fsp3) is 0.625. The first kappa shape index (κ1) is 34.5. The lowest BCUT2D eigenvalue weighted by molar-refractivity contribution is -0.136. The van der Waals surface area contributed by atoms with Crippen LogP contribution in [0.4, 0.5) is 9.59 Å². The number of hydrogen-bond donors (Lipinski definition) is 4. The number of aryl methyl sites for hydroxylation is 1. The van der Waals surface area contributed by atoms with Crippen molar-refractivity contribution in [2.24, 2.45) is 11.8 Å². The zero-order chi connectivity index (χ0) is 33.4. The number of allylic oxidation sites excluding steroid dienone is 1. The molecule has 4 atom stereocenters. The standard InChI is InChI=1S/C32H48N8O6/c1-19(2)25(37-31(43)45-5)29(41)39-15-9-13-23(39)27-33-17-21(35-27)11-7-8-12-22-18-34-28(36-22)24-14-10-16-40(24)30(42)26(20(3)4)38-32(44)46-6/h7,11,17-20,23-26H,8-10,12-16H2,1-6H3,(H,33,35)(H,34,36)(H,37,43)(H,38,44)/t23-,24-,25-,26-/m0/s1. The van der Waals surface area contributed by atoms with Crippen LogP contribution in [-0.2, 0) is 25.5 Å². The van der Waals surface area contributed by atoms with Crippen LogP contribution in [0.2, 0.25) is 0 Å². The molecule has 4 heterocycles. The number of aromatic nitrogens is 4. The number of rotatable bonds is 12. The second-order valence-corrected chi connectivity index (χ2v) is 12.6. The Hall–Kier alpha value is -4.36. The number of nitrogens with zero attached hydrogens (tertiary/aromatic N) is 4. The SMILES string of the molecule is COC(=O)N[C@H](C(=O)N1CCC[C@H]1c1ncc(C=CCCc2cnc([C@@H]3CCCN3C(=O)[C@@H](NC(=O)OC)C(C)C)[nH]2)[nH]1)C(C)C. The zero-order valence-electron chi connectivity index (χ0n) is 27.7. The van der Waals surface area contributed by atoms with Gasteiger partial charge in [0.2, 0.25) is 11.8 Å². The highest BCUT2D eigenvalue weighted by atomic mass is 16.5. The van der Waals surface area contributed by atoms with Crippen LogP contribution >= 0.6 is 0 Å². The number of alkyl carbamates (subject to hydrolysis) is 2.